The Morgan fingerprint density at radius 1 is 1.29 bits per heavy atom. The Morgan fingerprint density at radius 2 is 2.00 bits per heavy atom. The molecular weight excluding hydrogens is 352 g/mol. The van der Waals surface area contributed by atoms with E-state index >= 15 is 0 Å². The van der Waals surface area contributed by atoms with Crippen LogP contribution in [0, 0.1) is 17.0 Å². The fourth-order valence-electron chi connectivity index (χ4n) is 2.73. The van der Waals surface area contributed by atoms with E-state index in [1.807, 2.05) is 6.92 Å². The second-order valence-corrected chi connectivity index (χ2v) is 8.76. The highest BCUT2D eigenvalue weighted by Gasteiger charge is 2.32. The first kappa shape index (κ1) is 16.9. The molecule has 0 bridgehead atoms. The van der Waals surface area contributed by atoms with Gasteiger partial charge in [-0.05, 0) is 31.9 Å². The largest absolute Gasteiger partial charge is 0.269 e. The number of sulfonamides is 1. The fourth-order valence-corrected chi connectivity index (χ4v) is 5.08. The van der Waals surface area contributed by atoms with Gasteiger partial charge in [0.1, 0.15) is 10.0 Å². The number of aryl methyl sites for hydroxylation is 1. The lowest BCUT2D eigenvalue weighted by atomic mass is 10.0. The van der Waals surface area contributed by atoms with Crippen LogP contribution in [0.25, 0.3) is 0 Å². The minimum Gasteiger partial charge on any atom is -0.258 e. The summed E-state index contributed by atoms with van der Waals surface area (Å²) in [5.74, 6) is 0.0396. The molecule has 3 rings (SSSR count). The first-order valence-corrected chi connectivity index (χ1v) is 9.68. The summed E-state index contributed by atoms with van der Waals surface area (Å²) in [4.78, 5) is 10.2. The lowest BCUT2D eigenvalue weighted by Crippen LogP contribution is -2.39. The number of hydrogen-bond acceptors (Lipinski definition) is 7. The van der Waals surface area contributed by atoms with Crippen LogP contribution in [0.15, 0.2) is 29.2 Å². The second kappa shape index (κ2) is 6.54. The molecule has 0 N–H and O–H groups in total. The maximum atomic E-state index is 12.8. The van der Waals surface area contributed by atoms with Gasteiger partial charge in [0, 0.05) is 31.1 Å². The second-order valence-electron chi connectivity index (χ2n) is 5.61. The zero-order valence-electron chi connectivity index (χ0n) is 13.0. The topological polar surface area (TPSA) is 106 Å². The Bertz CT molecular complexity index is 848. The summed E-state index contributed by atoms with van der Waals surface area (Å²) < 4.78 is 27.0. The van der Waals surface area contributed by atoms with Gasteiger partial charge in [-0.2, -0.15) is 4.31 Å². The van der Waals surface area contributed by atoms with E-state index < -0.39 is 14.9 Å². The molecule has 2 aromatic rings. The van der Waals surface area contributed by atoms with E-state index in [0.717, 1.165) is 22.9 Å². The van der Waals surface area contributed by atoms with Crippen molar-refractivity contribution in [1.82, 2.24) is 14.5 Å². The molecule has 0 spiro atoms. The van der Waals surface area contributed by atoms with Gasteiger partial charge in [0.25, 0.3) is 5.69 Å². The molecule has 0 radical (unpaired) electrons. The molecule has 1 aliphatic heterocycles. The SMILES string of the molecule is Cc1nnc(C2CCCN(S(=O)(=O)c3ccc([N+](=O)[O-])cc3)C2)s1. The van der Waals surface area contributed by atoms with E-state index in [-0.39, 0.29) is 16.5 Å². The molecule has 1 aromatic carbocycles. The third kappa shape index (κ3) is 3.30. The van der Waals surface area contributed by atoms with Crippen LogP contribution in [-0.2, 0) is 10.0 Å². The number of non-ortho nitro benzene ring substituents is 1. The Kier molecular flexibility index (Phi) is 4.61. The Labute approximate surface area is 143 Å². The summed E-state index contributed by atoms with van der Waals surface area (Å²) in [5.41, 5.74) is -0.130. The number of piperidine rings is 1. The van der Waals surface area contributed by atoms with Crippen molar-refractivity contribution in [3.8, 4) is 0 Å². The van der Waals surface area contributed by atoms with Crippen LogP contribution in [0.2, 0.25) is 0 Å². The molecule has 10 heteroatoms. The van der Waals surface area contributed by atoms with E-state index in [4.69, 9.17) is 0 Å². The van der Waals surface area contributed by atoms with Gasteiger partial charge in [0.05, 0.1) is 9.82 Å². The molecule has 0 saturated carbocycles. The average Bonchev–Trinajstić information content (AvgIpc) is 3.01. The number of hydrogen-bond donors (Lipinski definition) is 0. The molecule has 0 amide bonds. The van der Waals surface area contributed by atoms with Crippen LogP contribution in [0.1, 0.15) is 28.8 Å². The monoisotopic (exact) mass is 368 g/mol. The third-order valence-corrected chi connectivity index (χ3v) is 6.84. The molecule has 2 heterocycles. The normalized spacial score (nSPS) is 19.3. The van der Waals surface area contributed by atoms with Crippen LogP contribution < -0.4 is 0 Å². The molecular formula is C14H16N4O4S2. The quantitative estimate of drug-likeness (QED) is 0.605. The van der Waals surface area contributed by atoms with E-state index in [1.54, 1.807) is 0 Å². The molecule has 1 saturated heterocycles. The number of nitro benzene ring substituents is 1. The first-order valence-electron chi connectivity index (χ1n) is 7.42. The average molecular weight is 368 g/mol. The van der Waals surface area contributed by atoms with Gasteiger partial charge < -0.3 is 0 Å². The Morgan fingerprint density at radius 3 is 2.58 bits per heavy atom. The van der Waals surface area contributed by atoms with Gasteiger partial charge in [-0.1, -0.05) is 0 Å². The standard InChI is InChI=1S/C14H16N4O4S2/c1-10-15-16-14(23-10)11-3-2-8-17(9-11)24(21,22)13-6-4-12(5-7-13)18(19)20/h4-7,11H,2-3,8-9H2,1H3. The van der Waals surface area contributed by atoms with Crippen LogP contribution in [0.5, 0.6) is 0 Å². The zero-order valence-corrected chi connectivity index (χ0v) is 14.6. The number of benzene rings is 1. The summed E-state index contributed by atoms with van der Waals surface area (Å²) in [6.45, 7) is 2.66. The zero-order chi connectivity index (χ0) is 17.3. The van der Waals surface area contributed by atoms with Crippen molar-refractivity contribution in [3.05, 3.63) is 44.4 Å². The minimum absolute atomic E-state index is 0.0396. The van der Waals surface area contributed by atoms with E-state index in [1.165, 1.54) is 39.9 Å². The fraction of sp³-hybridized carbons (Fsp3) is 0.429. The van der Waals surface area contributed by atoms with Gasteiger partial charge in [0.15, 0.2) is 0 Å². The van der Waals surface area contributed by atoms with Crippen LogP contribution in [0.3, 0.4) is 0 Å². The molecule has 1 aromatic heterocycles. The maximum Gasteiger partial charge on any atom is 0.269 e. The molecule has 1 fully saturated rings. The molecule has 1 atom stereocenters. The molecule has 1 aliphatic rings. The summed E-state index contributed by atoms with van der Waals surface area (Å²) in [6.07, 6.45) is 1.62. The number of nitro groups is 1. The highest BCUT2D eigenvalue weighted by molar-refractivity contribution is 7.89. The lowest BCUT2D eigenvalue weighted by Gasteiger charge is -2.30. The molecule has 128 valence electrons. The van der Waals surface area contributed by atoms with Crippen molar-refractivity contribution in [2.75, 3.05) is 13.1 Å². The van der Waals surface area contributed by atoms with Crippen LogP contribution >= 0.6 is 11.3 Å². The Balaban J connectivity index is 1.82. The summed E-state index contributed by atoms with van der Waals surface area (Å²) in [6, 6.07) is 4.99. The molecule has 1 unspecified atom stereocenters. The van der Waals surface area contributed by atoms with Crippen molar-refractivity contribution in [3.63, 3.8) is 0 Å². The Hall–Kier alpha value is -1.91. The lowest BCUT2D eigenvalue weighted by molar-refractivity contribution is -0.384. The molecule has 24 heavy (non-hydrogen) atoms. The minimum atomic E-state index is -3.67. The molecule has 8 nitrogen and oxygen atoms in total. The number of aromatic nitrogens is 2. The predicted molar refractivity (Wildman–Crippen MR) is 88.5 cm³/mol. The summed E-state index contributed by atoms with van der Waals surface area (Å²) in [7, 11) is -3.67. The first-order chi connectivity index (χ1) is 11.4. The third-order valence-electron chi connectivity index (χ3n) is 3.96. The van der Waals surface area contributed by atoms with Crippen molar-refractivity contribution >= 4 is 27.0 Å². The van der Waals surface area contributed by atoms with E-state index in [2.05, 4.69) is 10.2 Å². The van der Waals surface area contributed by atoms with Crippen LogP contribution in [-0.4, -0.2) is 40.9 Å². The van der Waals surface area contributed by atoms with Crippen molar-refractivity contribution < 1.29 is 13.3 Å². The van der Waals surface area contributed by atoms with E-state index in [0.29, 0.717) is 13.1 Å². The van der Waals surface area contributed by atoms with Gasteiger partial charge >= 0.3 is 0 Å². The van der Waals surface area contributed by atoms with Gasteiger partial charge in [0.2, 0.25) is 10.0 Å². The highest BCUT2D eigenvalue weighted by Crippen LogP contribution is 2.32. The number of nitrogens with zero attached hydrogens (tertiary/aromatic N) is 4. The van der Waals surface area contributed by atoms with E-state index in [9.17, 15) is 18.5 Å². The van der Waals surface area contributed by atoms with Crippen molar-refractivity contribution in [2.45, 2.75) is 30.6 Å². The van der Waals surface area contributed by atoms with Crippen molar-refractivity contribution in [2.24, 2.45) is 0 Å². The van der Waals surface area contributed by atoms with Gasteiger partial charge in [-0.25, -0.2) is 8.42 Å². The molecule has 0 aliphatic carbocycles. The van der Waals surface area contributed by atoms with Crippen LogP contribution in [0.4, 0.5) is 5.69 Å². The smallest absolute Gasteiger partial charge is 0.258 e. The number of rotatable bonds is 4. The predicted octanol–water partition coefficient (Wildman–Crippen LogP) is 2.32. The van der Waals surface area contributed by atoms with Gasteiger partial charge in [-0.3, -0.25) is 10.1 Å². The highest BCUT2D eigenvalue weighted by atomic mass is 32.2. The van der Waals surface area contributed by atoms with Crippen molar-refractivity contribution in [1.29, 1.82) is 0 Å². The van der Waals surface area contributed by atoms with Gasteiger partial charge in [-0.15, -0.1) is 21.5 Å². The maximum absolute atomic E-state index is 12.8. The summed E-state index contributed by atoms with van der Waals surface area (Å²) >= 11 is 1.49. The summed E-state index contributed by atoms with van der Waals surface area (Å²) in [5, 5.41) is 20.6.